The molecule has 0 bridgehead atoms. The summed E-state index contributed by atoms with van der Waals surface area (Å²) in [4.78, 5) is 51.7. The van der Waals surface area contributed by atoms with E-state index >= 15 is 0 Å². The molecule has 0 N–H and O–H groups in total. The molecule has 8 heteroatoms. The second-order valence-corrected chi connectivity index (χ2v) is 8.51. The number of ether oxygens (including phenoxy) is 1. The van der Waals surface area contributed by atoms with Crippen LogP contribution in [0.15, 0.2) is 57.7 Å². The first-order valence-electron chi connectivity index (χ1n) is 10.1. The molecule has 7 nitrogen and oxygen atoms in total. The van der Waals surface area contributed by atoms with Crippen molar-refractivity contribution < 1.29 is 23.5 Å². The number of carbonyl (C=O) groups excluding carboxylic acids is 3. The molecule has 32 heavy (non-hydrogen) atoms. The minimum Gasteiger partial charge on any atom is -0.459 e. The molecular weight excluding hydrogens is 430 g/mol. The number of rotatable bonds is 7. The quantitative estimate of drug-likeness (QED) is 0.308. The number of amides is 2. The highest BCUT2D eigenvalue weighted by Crippen LogP contribution is 2.27. The Bertz CT molecular complexity index is 1250. The number of imide groups is 1. The Morgan fingerprint density at radius 2 is 1.75 bits per heavy atom. The Hall–Kier alpha value is -3.39. The number of carbonyl (C=O) groups is 3. The zero-order valence-corrected chi connectivity index (χ0v) is 18.4. The van der Waals surface area contributed by atoms with Crippen LogP contribution in [0.1, 0.15) is 38.3 Å². The van der Waals surface area contributed by atoms with Crippen LogP contribution < -0.4 is 5.63 Å². The van der Waals surface area contributed by atoms with Gasteiger partial charge < -0.3 is 9.15 Å². The molecule has 4 rings (SSSR count). The van der Waals surface area contributed by atoms with Crippen LogP contribution in [0.25, 0.3) is 11.0 Å². The van der Waals surface area contributed by atoms with Crippen LogP contribution in [-0.2, 0) is 16.1 Å². The molecule has 1 atom stereocenters. The summed E-state index contributed by atoms with van der Waals surface area (Å²) in [6.45, 7) is 1.70. The summed E-state index contributed by atoms with van der Waals surface area (Å²) in [6, 6.07) is 12.1. The van der Waals surface area contributed by atoms with Gasteiger partial charge in [-0.1, -0.05) is 24.3 Å². The molecule has 0 spiro atoms. The number of aryl methyl sites for hydroxylation is 1. The van der Waals surface area contributed by atoms with E-state index in [9.17, 15) is 19.2 Å². The van der Waals surface area contributed by atoms with Crippen molar-refractivity contribution in [3.63, 3.8) is 0 Å². The number of benzene rings is 2. The maximum Gasteiger partial charge on any atom is 0.336 e. The van der Waals surface area contributed by atoms with Gasteiger partial charge in [0.1, 0.15) is 18.2 Å². The first-order chi connectivity index (χ1) is 15.4. The van der Waals surface area contributed by atoms with E-state index in [1.807, 2.05) is 19.2 Å². The standard InChI is InChI=1S/C24H21NO6S/c1-14-7-8-16-15(12-21(26)31-20(16)11-14)13-30-24(29)19(9-10-32-2)25-22(27)17-5-3-4-6-18(17)23(25)28/h3-8,11-12,19H,9-10,13H2,1-2H3/t19-/m0/s1. The van der Waals surface area contributed by atoms with Gasteiger partial charge in [0.15, 0.2) is 0 Å². The molecule has 1 aliphatic rings. The van der Waals surface area contributed by atoms with Crippen LogP contribution in [0.4, 0.5) is 0 Å². The molecular formula is C24H21NO6S. The highest BCUT2D eigenvalue weighted by atomic mass is 32.2. The maximum absolute atomic E-state index is 13.0. The van der Waals surface area contributed by atoms with Gasteiger partial charge in [-0.05, 0) is 49.1 Å². The molecule has 0 radical (unpaired) electrons. The summed E-state index contributed by atoms with van der Waals surface area (Å²) < 4.78 is 10.8. The third kappa shape index (κ3) is 4.05. The second-order valence-electron chi connectivity index (χ2n) is 7.52. The van der Waals surface area contributed by atoms with Crippen LogP contribution in [0.2, 0.25) is 0 Å². The zero-order chi connectivity index (χ0) is 22.8. The number of thioether (sulfide) groups is 1. The predicted octanol–water partition coefficient (Wildman–Crippen LogP) is 3.56. The largest absolute Gasteiger partial charge is 0.459 e. The highest BCUT2D eigenvalue weighted by Gasteiger charge is 2.43. The fourth-order valence-electron chi connectivity index (χ4n) is 3.77. The Morgan fingerprint density at radius 3 is 2.41 bits per heavy atom. The molecule has 1 aliphatic heterocycles. The fraction of sp³-hybridized carbons (Fsp3) is 0.250. The van der Waals surface area contributed by atoms with Gasteiger partial charge in [-0.15, -0.1) is 0 Å². The molecule has 1 aromatic heterocycles. The van der Waals surface area contributed by atoms with Gasteiger partial charge in [0.2, 0.25) is 0 Å². The summed E-state index contributed by atoms with van der Waals surface area (Å²) >= 11 is 1.50. The highest BCUT2D eigenvalue weighted by molar-refractivity contribution is 7.98. The van der Waals surface area contributed by atoms with Crippen molar-refractivity contribution in [2.24, 2.45) is 0 Å². The minimum atomic E-state index is -1.05. The normalized spacial score (nSPS) is 14.0. The predicted molar refractivity (Wildman–Crippen MR) is 121 cm³/mol. The number of hydrogen-bond donors (Lipinski definition) is 0. The van der Waals surface area contributed by atoms with Gasteiger partial charge in [0, 0.05) is 17.0 Å². The van der Waals surface area contributed by atoms with E-state index in [4.69, 9.17) is 9.15 Å². The molecule has 0 saturated heterocycles. The van der Waals surface area contributed by atoms with Gasteiger partial charge >= 0.3 is 11.6 Å². The van der Waals surface area contributed by atoms with Crippen LogP contribution in [0.3, 0.4) is 0 Å². The van der Waals surface area contributed by atoms with Crippen LogP contribution in [0, 0.1) is 6.92 Å². The van der Waals surface area contributed by atoms with Crippen LogP contribution in [-0.4, -0.2) is 40.7 Å². The summed E-state index contributed by atoms with van der Waals surface area (Å²) in [5.74, 6) is -1.14. The van der Waals surface area contributed by atoms with Crippen molar-refractivity contribution in [2.45, 2.75) is 26.0 Å². The molecule has 3 aromatic rings. The molecule has 2 amide bonds. The molecule has 164 valence electrons. The van der Waals surface area contributed by atoms with Gasteiger partial charge in [-0.3, -0.25) is 14.5 Å². The Balaban J connectivity index is 1.59. The van der Waals surface area contributed by atoms with Gasteiger partial charge in [-0.25, -0.2) is 9.59 Å². The van der Waals surface area contributed by atoms with E-state index in [-0.39, 0.29) is 24.2 Å². The fourth-order valence-corrected chi connectivity index (χ4v) is 4.23. The second kappa shape index (κ2) is 9.00. The zero-order valence-electron chi connectivity index (χ0n) is 17.6. The lowest BCUT2D eigenvalue weighted by Gasteiger charge is -2.24. The Labute approximate surface area is 188 Å². The number of nitrogens with zero attached hydrogens (tertiary/aromatic N) is 1. The molecule has 2 heterocycles. The van der Waals surface area contributed by atoms with Crippen molar-refractivity contribution in [1.82, 2.24) is 4.90 Å². The third-order valence-corrected chi connectivity index (χ3v) is 6.00. The smallest absolute Gasteiger partial charge is 0.336 e. The van der Waals surface area contributed by atoms with E-state index in [2.05, 4.69) is 0 Å². The van der Waals surface area contributed by atoms with E-state index in [1.54, 1.807) is 36.4 Å². The summed E-state index contributed by atoms with van der Waals surface area (Å²) in [7, 11) is 0. The monoisotopic (exact) mass is 451 g/mol. The molecule has 0 aliphatic carbocycles. The SMILES string of the molecule is CSCC[C@@H](C(=O)OCc1cc(=O)oc2cc(C)ccc12)N1C(=O)c2ccccc2C1=O. The van der Waals surface area contributed by atoms with Gasteiger partial charge in [0.25, 0.3) is 11.8 Å². The molecule has 0 saturated carbocycles. The van der Waals surface area contributed by atoms with Crippen LogP contribution >= 0.6 is 11.8 Å². The van der Waals surface area contributed by atoms with E-state index in [0.717, 1.165) is 10.5 Å². The molecule has 0 unspecified atom stereocenters. The topological polar surface area (TPSA) is 93.9 Å². The maximum atomic E-state index is 13.0. The summed E-state index contributed by atoms with van der Waals surface area (Å²) in [6.07, 6.45) is 2.14. The average Bonchev–Trinajstić information content (AvgIpc) is 3.02. The number of hydrogen-bond acceptors (Lipinski definition) is 7. The minimum absolute atomic E-state index is 0.178. The molecule has 2 aromatic carbocycles. The number of esters is 1. The van der Waals surface area contributed by atoms with Gasteiger partial charge in [-0.2, -0.15) is 11.8 Å². The van der Waals surface area contributed by atoms with E-state index in [0.29, 0.717) is 22.3 Å². The van der Waals surface area contributed by atoms with Crippen molar-refractivity contribution in [2.75, 3.05) is 12.0 Å². The van der Waals surface area contributed by atoms with Crippen molar-refractivity contribution >= 4 is 40.5 Å². The van der Waals surface area contributed by atoms with Crippen molar-refractivity contribution in [1.29, 1.82) is 0 Å². The molecule has 0 fully saturated rings. The first kappa shape index (κ1) is 21.8. The Morgan fingerprint density at radius 1 is 1.06 bits per heavy atom. The lowest BCUT2D eigenvalue weighted by atomic mass is 10.1. The first-order valence-corrected chi connectivity index (χ1v) is 11.5. The Kier molecular flexibility index (Phi) is 6.14. The van der Waals surface area contributed by atoms with Gasteiger partial charge in [0.05, 0.1) is 11.1 Å². The van der Waals surface area contributed by atoms with E-state index < -0.39 is 29.5 Å². The average molecular weight is 452 g/mol. The summed E-state index contributed by atoms with van der Waals surface area (Å²) in [5.41, 5.74) is 1.84. The van der Waals surface area contributed by atoms with E-state index in [1.165, 1.54) is 17.8 Å². The lowest BCUT2D eigenvalue weighted by Crippen LogP contribution is -2.46. The third-order valence-electron chi connectivity index (χ3n) is 5.36. The van der Waals surface area contributed by atoms with Crippen molar-refractivity contribution in [3.05, 3.63) is 81.2 Å². The number of fused-ring (bicyclic) bond motifs is 2. The summed E-state index contributed by atoms with van der Waals surface area (Å²) in [5, 5.41) is 0.657. The lowest BCUT2D eigenvalue weighted by molar-refractivity contribution is -0.149. The van der Waals surface area contributed by atoms with Crippen molar-refractivity contribution in [3.8, 4) is 0 Å². The van der Waals surface area contributed by atoms with Crippen LogP contribution in [0.5, 0.6) is 0 Å².